The predicted molar refractivity (Wildman–Crippen MR) is 111 cm³/mol. The molecule has 0 unspecified atom stereocenters. The molecular formula is C23H23NO5. The molecule has 6 nitrogen and oxygen atoms in total. The van der Waals surface area contributed by atoms with Crippen LogP contribution in [0.3, 0.4) is 0 Å². The first-order valence-electron chi connectivity index (χ1n) is 9.08. The van der Waals surface area contributed by atoms with Gasteiger partial charge < -0.3 is 14.6 Å². The standard InChI is InChI=1S/C23H23NO5/c1-13-9-14(2)11-17(10-13)24-15(3)20(23(27)29-5)18(22(24)26)12-16-7-6-8-19(28-4)21(16)25/h6-12,25H,1-5H3/b18-12-. The molecule has 6 heteroatoms. The highest BCUT2D eigenvalue weighted by atomic mass is 16.5. The number of aryl methyl sites for hydroxylation is 2. The van der Waals surface area contributed by atoms with Gasteiger partial charge in [0.25, 0.3) is 5.91 Å². The van der Waals surface area contributed by atoms with E-state index >= 15 is 0 Å². The van der Waals surface area contributed by atoms with Gasteiger partial charge in [-0.05, 0) is 56.2 Å². The molecule has 3 rings (SSSR count). The summed E-state index contributed by atoms with van der Waals surface area (Å²) in [6.45, 7) is 5.60. The minimum Gasteiger partial charge on any atom is -0.504 e. The Bertz CT molecular complexity index is 1040. The highest BCUT2D eigenvalue weighted by molar-refractivity contribution is 6.24. The summed E-state index contributed by atoms with van der Waals surface area (Å²) in [6, 6.07) is 10.7. The highest BCUT2D eigenvalue weighted by Gasteiger charge is 2.38. The van der Waals surface area contributed by atoms with Gasteiger partial charge in [0.05, 0.1) is 25.4 Å². The number of phenolic OH excluding ortho intramolecular Hbond substituents is 1. The largest absolute Gasteiger partial charge is 0.504 e. The van der Waals surface area contributed by atoms with Crippen LogP contribution in [-0.4, -0.2) is 31.2 Å². The van der Waals surface area contributed by atoms with Crippen LogP contribution in [-0.2, 0) is 14.3 Å². The van der Waals surface area contributed by atoms with Crippen LogP contribution < -0.4 is 9.64 Å². The number of esters is 1. The Kier molecular flexibility index (Phi) is 5.46. The molecular weight excluding hydrogens is 370 g/mol. The average Bonchev–Trinajstić information content (AvgIpc) is 2.92. The molecule has 0 spiro atoms. The number of ether oxygens (including phenoxy) is 2. The zero-order valence-electron chi connectivity index (χ0n) is 17.1. The fraction of sp³-hybridized carbons (Fsp3) is 0.217. The van der Waals surface area contributed by atoms with E-state index in [-0.39, 0.29) is 28.6 Å². The van der Waals surface area contributed by atoms with E-state index in [4.69, 9.17) is 9.47 Å². The summed E-state index contributed by atoms with van der Waals surface area (Å²) in [5.41, 5.74) is 3.83. The van der Waals surface area contributed by atoms with Crippen molar-refractivity contribution in [1.29, 1.82) is 0 Å². The van der Waals surface area contributed by atoms with E-state index < -0.39 is 5.97 Å². The van der Waals surface area contributed by atoms with Crippen molar-refractivity contribution < 1.29 is 24.2 Å². The molecule has 1 amide bonds. The maximum absolute atomic E-state index is 13.3. The second-order valence-electron chi connectivity index (χ2n) is 6.89. The third-order valence-electron chi connectivity index (χ3n) is 4.80. The Hall–Kier alpha value is -3.54. The quantitative estimate of drug-likeness (QED) is 0.630. The van der Waals surface area contributed by atoms with E-state index in [1.165, 1.54) is 25.2 Å². The maximum Gasteiger partial charge on any atom is 0.340 e. The van der Waals surface area contributed by atoms with Gasteiger partial charge >= 0.3 is 5.97 Å². The summed E-state index contributed by atoms with van der Waals surface area (Å²) in [4.78, 5) is 27.3. The molecule has 2 aromatic carbocycles. The van der Waals surface area contributed by atoms with Gasteiger partial charge in [-0.25, -0.2) is 4.79 Å². The summed E-state index contributed by atoms with van der Waals surface area (Å²) in [7, 11) is 2.71. The molecule has 2 aromatic rings. The Balaban J connectivity index is 2.20. The van der Waals surface area contributed by atoms with Crippen LogP contribution in [0.1, 0.15) is 23.6 Å². The Labute approximate surface area is 169 Å². The van der Waals surface area contributed by atoms with Gasteiger partial charge in [-0.1, -0.05) is 18.2 Å². The molecule has 0 fully saturated rings. The smallest absolute Gasteiger partial charge is 0.340 e. The molecule has 1 heterocycles. The molecule has 29 heavy (non-hydrogen) atoms. The summed E-state index contributed by atoms with van der Waals surface area (Å²) in [6.07, 6.45) is 1.48. The number of benzene rings is 2. The lowest BCUT2D eigenvalue weighted by atomic mass is 10.0. The number of hydrogen-bond donors (Lipinski definition) is 1. The van der Waals surface area contributed by atoms with Crippen molar-refractivity contribution in [1.82, 2.24) is 0 Å². The number of amides is 1. The molecule has 150 valence electrons. The number of carbonyl (C=O) groups is 2. The van der Waals surface area contributed by atoms with E-state index in [9.17, 15) is 14.7 Å². The lowest BCUT2D eigenvalue weighted by molar-refractivity contribution is -0.136. The number of phenols is 1. The summed E-state index contributed by atoms with van der Waals surface area (Å²) in [5, 5.41) is 10.4. The van der Waals surface area contributed by atoms with E-state index in [0.29, 0.717) is 16.9 Å². The SMILES string of the molecule is COC(=O)C1=C(C)N(c2cc(C)cc(C)c2)C(=O)/C1=C\c1cccc(OC)c1O. The monoisotopic (exact) mass is 393 g/mol. The third-order valence-corrected chi connectivity index (χ3v) is 4.80. The Morgan fingerprint density at radius 1 is 1.07 bits per heavy atom. The first-order valence-corrected chi connectivity index (χ1v) is 9.08. The van der Waals surface area contributed by atoms with Crippen molar-refractivity contribution in [3.8, 4) is 11.5 Å². The van der Waals surface area contributed by atoms with Crippen LogP contribution in [0.25, 0.3) is 6.08 Å². The minimum atomic E-state index is -0.614. The third kappa shape index (κ3) is 3.61. The van der Waals surface area contributed by atoms with Crippen molar-refractivity contribution in [2.24, 2.45) is 0 Å². The second kappa shape index (κ2) is 7.83. The lowest BCUT2D eigenvalue weighted by Gasteiger charge is -2.19. The van der Waals surface area contributed by atoms with E-state index in [1.54, 1.807) is 25.1 Å². The van der Waals surface area contributed by atoms with Gasteiger partial charge in [0, 0.05) is 16.9 Å². The molecule has 0 atom stereocenters. The fourth-order valence-electron chi connectivity index (χ4n) is 3.55. The number of allylic oxidation sites excluding steroid dienone is 1. The average molecular weight is 393 g/mol. The second-order valence-corrected chi connectivity index (χ2v) is 6.89. The lowest BCUT2D eigenvalue weighted by Crippen LogP contribution is -2.24. The van der Waals surface area contributed by atoms with E-state index in [1.807, 2.05) is 32.0 Å². The zero-order valence-corrected chi connectivity index (χ0v) is 17.1. The number of carbonyl (C=O) groups excluding carboxylic acids is 2. The van der Waals surface area contributed by atoms with Gasteiger partial charge in [-0.3, -0.25) is 9.69 Å². The van der Waals surface area contributed by atoms with Crippen LogP contribution in [0.2, 0.25) is 0 Å². The molecule has 1 aliphatic rings. The summed E-state index contributed by atoms with van der Waals surface area (Å²) >= 11 is 0. The molecule has 1 aliphatic heterocycles. The van der Waals surface area contributed by atoms with Crippen molar-refractivity contribution in [3.05, 3.63) is 69.9 Å². The molecule has 0 saturated carbocycles. The number of aromatic hydroxyl groups is 1. The van der Waals surface area contributed by atoms with Crippen LogP contribution in [0, 0.1) is 13.8 Å². The Morgan fingerprint density at radius 2 is 1.72 bits per heavy atom. The van der Waals surface area contributed by atoms with E-state index in [2.05, 4.69) is 0 Å². The molecule has 0 aromatic heterocycles. The molecule has 0 aliphatic carbocycles. The predicted octanol–water partition coefficient (Wildman–Crippen LogP) is 3.89. The van der Waals surface area contributed by atoms with Crippen LogP contribution >= 0.6 is 0 Å². The van der Waals surface area contributed by atoms with E-state index in [0.717, 1.165) is 11.1 Å². The number of anilines is 1. The van der Waals surface area contributed by atoms with Crippen LogP contribution in [0.15, 0.2) is 53.2 Å². The van der Waals surface area contributed by atoms with Crippen molar-refractivity contribution in [3.63, 3.8) is 0 Å². The van der Waals surface area contributed by atoms with Crippen LogP contribution in [0.5, 0.6) is 11.5 Å². The molecule has 0 radical (unpaired) electrons. The minimum absolute atomic E-state index is 0.109. The number of para-hydroxylation sites is 1. The van der Waals surface area contributed by atoms with Gasteiger partial charge in [0.2, 0.25) is 0 Å². The zero-order chi connectivity index (χ0) is 21.3. The Morgan fingerprint density at radius 3 is 2.31 bits per heavy atom. The normalized spacial score (nSPS) is 15.3. The maximum atomic E-state index is 13.3. The first-order chi connectivity index (χ1) is 13.8. The van der Waals surface area contributed by atoms with Gasteiger partial charge in [-0.15, -0.1) is 0 Å². The highest BCUT2D eigenvalue weighted by Crippen LogP contribution is 2.38. The number of hydrogen-bond acceptors (Lipinski definition) is 5. The summed E-state index contributed by atoms with van der Waals surface area (Å²) in [5.74, 6) is -0.815. The molecule has 1 N–H and O–H groups in total. The number of nitrogens with zero attached hydrogens (tertiary/aromatic N) is 1. The topological polar surface area (TPSA) is 76.1 Å². The molecule has 0 bridgehead atoms. The van der Waals surface area contributed by atoms with Crippen molar-refractivity contribution in [2.45, 2.75) is 20.8 Å². The fourth-order valence-corrected chi connectivity index (χ4v) is 3.55. The van der Waals surface area contributed by atoms with Gasteiger partial charge in [-0.2, -0.15) is 0 Å². The van der Waals surface area contributed by atoms with Gasteiger partial charge in [0.1, 0.15) is 0 Å². The molecule has 0 saturated heterocycles. The summed E-state index contributed by atoms with van der Waals surface area (Å²) < 4.78 is 10.1. The van der Waals surface area contributed by atoms with Gasteiger partial charge in [0.15, 0.2) is 11.5 Å². The van der Waals surface area contributed by atoms with Crippen molar-refractivity contribution >= 4 is 23.6 Å². The number of rotatable bonds is 4. The first kappa shape index (κ1) is 20.2. The number of methoxy groups -OCH3 is 2. The van der Waals surface area contributed by atoms with Crippen molar-refractivity contribution in [2.75, 3.05) is 19.1 Å². The van der Waals surface area contributed by atoms with Crippen LogP contribution in [0.4, 0.5) is 5.69 Å².